The summed E-state index contributed by atoms with van der Waals surface area (Å²) < 4.78 is 1.73. The van der Waals surface area contributed by atoms with Crippen molar-refractivity contribution in [2.45, 2.75) is 68.3 Å². The monoisotopic (exact) mass is 1030 g/mol. The predicted molar refractivity (Wildman–Crippen MR) is 243 cm³/mol. The number of carbonyl (C=O) groups excluding carboxylic acids is 4. The normalized spacial score (nSPS) is 19.0. The smallest absolute Gasteiger partial charge is 0.352 e. The molecule has 0 radical (unpaired) electrons. The Hall–Kier alpha value is -7.31. The lowest BCUT2D eigenvalue weighted by molar-refractivity contribution is -0.689. The second-order valence-corrected chi connectivity index (χ2v) is 19.7. The Morgan fingerprint density at radius 3 is 2.06 bits per heavy atom. The third-order valence-corrected chi connectivity index (χ3v) is 14.1. The molecule has 69 heavy (non-hydrogen) atoms. The molecule has 1 fully saturated rings. The van der Waals surface area contributed by atoms with Crippen molar-refractivity contribution in [1.29, 1.82) is 0 Å². The molecular weight excluding hydrogens is 991 g/mol. The molecule has 0 aromatic carbocycles. The number of carboxylic acids is 5. The van der Waals surface area contributed by atoms with E-state index < -0.39 is 98.7 Å². The molecule has 3 aliphatic heterocycles. The average molecular weight is 1030 g/mol. The van der Waals surface area contributed by atoms with Crippen molar-refractivity contribution >= 4 is 115 Å². The van der Waals surface area contributed by atoms with Gasteiger partial charge in [0.1, 0.15) is 33.9 Å². The van der Waals surface area contributed by atoms with Gasteiger partial charge in [-0.3, -0.25) is 19.3 Å². The summed E-state index contributed by atoms with van der Waals surface area (Å²) in [6.07, 6.45) is 3.46. The van der Waals surface area contributed by atoms with E-state index in [1.54, 1.807) is 35.2 Å². The van der Waals surface area contributed by atoms with Crippen molar-refractivity contribution in [3.63, 3.8) is 0 Å². The van der Waals surface area contributed by atoms with Crippen molar-refractivity contribution in [3.8, 4) is 0 Å². The number of rotatable bonds is 21. The van der Waals surface area contributed by atoms with E-state index in [4.69, 9.17) is 15.4 Å². The van der Waals surface area contributed by atoms with Gasteiger partial charge in [0.15, 0.2) is 46.7 Å². The first-order chi connectivity index (χ1) is 32.5. The predicted octanol–water partition coefficient (Wildman–Crippen LogP) is -1.58. The number of pyridine rings is 1. The molecule has 3 aromatic heterocycles. The Morgan fingerprint density at radius 1 is 0.899 bits per heavy atom. The fourth-order valence-electron chi connectivity index (χ4n) is 6.17. The van der Waals surface area contributed by atoms with Crippen LogP contribution in [0.25, 0.3) is 0 Å². The van der Waals surface area contributed by atoms with Gasteiger partial charge in [-0.25, -0.2) is 33.7 Å². The third-order valence-electron chi connectivity index (χ3n) is 9.98. The van der Waals surface area contributed by atoms with Gasteiger partial charge in [0.05, 0.1) is 11.7 Å². The SMILES string of the molecule is CC(C)(O/N=C(\C(=O)NC(C(=O)O)C1NC(C(=O)O)=C(CNc2nc(/C(=N/OC(C)(C)C(=O)O)C(=O)NC3C(=O)N4C(C(=O)[O-])=C(C[n+]5ccccc5)CSC34)cs2)CS1)c1csc(N)n1)C(=O)O. The molecule has 10 N–H and O–H groups in total. The van der Waals surface area contributed by atoms with E-state index in [1.165, 1.54) is 36.4 Å². The van der Waals surface area contributed by atoms with E-state index >= 15 is 0 Å². The standard InChI is InChI=1S/C39H41N11O15S4/c1-38(2,34(60)61)64-47-21(18-14-68-36(40)42-18)26(51)44-23(32(56)57)28-46-20(31(54)55)16(12-66-28)10-41-37-43-19(15-69-37)22(48-65-39(3,4)35(62)63)27(52)45-24-29(53)50-25(33(58)59)17(13-67-30(24)50)11-49-8-6-5-7-9-49/h5-9,14-15,23-24,28,30,46H,10-13H2,1-4H3,(H9-,40,41,42,43,44,45,51,52,54,55,56,57,58,59,60,61,62,63)/b47-21-,48-22-. The fourth-order valence-corrected chi connectivity index (χ4v) is 9.95. The lowest BCUT2D eigenvalue weighted by Gasteiger charge is -2.50. The number of fused-ring (bicyclic) bond motifs is 1. The number of anilines is 2. The highest BCUT2D eigenvalue weighted by Crippen LogP contribution is 2.40. The number of nitrogens with two attached hydrogens (primary N) is 1. The van der Waals surface area contributed by atoms with Crippen molar-refractivity contribution in [3.05, 3.63) is 75.3 Å². The zero-order valence-electron chi connectivity index (χ0n) is 36.4. The fraction of sp³-hybridized carbons (Fsp3) is 0.359. The number of nitrogens with zero attached hydrogens (tertiary/aromatic N) is 6. The summed E-state index contributed by atoms with van der Waals surface area (Å²) in [7, 11) is 0. The number of aromatic nitrogens is 3. The van der Waals surface area contributed by atoms with Crippen molar-refractivity contribution in [2.75, 3.05) is 29.1 Å². The maximum atomic E-state index is 13.9. The molecule has 3 amide bonds. The first-order valence-electron chi connectivity index (χ1n) is 19.9. The molecule has 4 atom stereocenters. The van der Waals surface area contributed by atoms with Gasteiger partial charge in [-0.2, -0.15) is 0 Å². The summed E-state index contributed by atoms with van der Waals surface area (Å²) in [5, 5.41) is 70.1. The van der Waals surface area contributed by atoms with Gasteiger partial charge in [0, 0.05) is 46.5 Å². The molecule has 366 valence electrons. The molecule has 3 aromatic rings. The number of β-lactam (4-membered cyclic amide) rings is 1. The first-order valence-corrected chi connectivity index (χ1v) is 23.7. The second kappa shape index (κ2) is 20.9. The highest BCUT2D eigenvalue weighted by Gasteiger charge is 2.53. The summed E-state index contributed by atoms with van der Waals surface area (Å²) in [5.41, 5.74) is 0.206. The van der Waals surface area contributed by atoms with Gasteiger partial charge >= 0.3 is 23.9 Å². The van der Waals surface area contributed by atoms with Crippen LogP contribution < -0.4 is 36.7 Å². The van der Waals surface area contributed by atoms with Crippen LogP contribution in [0.3, 0.4) is 0 Å². The Bertz CT molecular complexity index is 2720. The molecular formula is C39H41N11O15S4. The summed E-state index contributed by atoms with van der Waals surface area (Å²) >= 11 is 3.94. The highest BCUT2D eigenvalue weighted by molar-refractivity contribution is 8.00. The van der Waals surface area contributed by atoms with Crippen molar-refractivity contribution in [2.24, 2.45) is 10.3 Å². The summed E-state index contributed by atoms with van der Waals surface area (Å²) in [5.74, 6) is -10.4. The van der Waals surface area contributed by atoms with E-state index in [0.29, 0.717) is 5.57 Å². The van der Waals surface area contributed by atoms with Crippen LogP contribution in [0.2, 0.25) is 0 Å². The summed E-state index contributed by atoms with van der Waals surface area (Å²) in [6.45, 7) is 4.58. The number of hydrogen-bond acceptors (Lipinski definition) is 22. The van der Waals surface area contributed by atoms with Crippen LogP contribution in [0.4, 0.5) is 10.3 Å². The summed E-state index contributed by atoms with van der Waals surface area (Å²) in [4.78, 5) is 121. The number of carboxylic acid groups (broad SMARTS) is 5. The number of thioether (sulfide) groups is 2. The third kappa shape index (κ3) is 11.7. The van der Waals surface area contributed by atoms with E-state index in [9.17, 15) is 63.9 Å². The number of hydrogen-bond donors (Lipinski definition) is 9. The van der Waals surface area contributed by atoms with Gasteiger partial charge in [-0.05, 0) is 33.3 Å². The number of nitrogen functional groups attached to an aromatic ring is 1. The Kier molecular flexibility index (Phi) is 15.5. The maximum Gasteiger partial charge on any atom is 0.352 e. The molecule has 6 heterocycles. The first kappa shape index (κ1) is 51.1. The number of amides is 3. The molecule has 0 saturated carbocycles. The van der Waals surface area contributed by atoms with Gasteiger partial charge in [0.25, 0.3) is 17.7 Å². The minimum absolute atomic E-state index is 0.00128. The van der Waals surface area contributed by atoms with Gasteiger partial charge < -0.3 is 67.0 Å². The van der Waals surface area contributed by atoms with Gasteiger partial charge in [-0.1, -0.05) is 16.4 Å². The maximum absolute atomic E-state index is 13.9. The van der Waals surface area contributed by atoms with Crippen LogP contribution in [0.15, 0.2) is 74.2 Å². The molecule has 30 heteroatoms. The van der Waals surface area contributed by atoms with Crippen LogP contribution in [0.5, 0.6) is 0 Å². The minimum Gasteiger partial charge on any atom is -0.543 e. The van der Waals surface area contributed by atoms with Gasteiger partial charge in [0.2, 0.25) is 11.2 Å². The lowest BCUT2D eigenvalue weighted by atomic mass is 10.0. The van der Waals surface area contributed by atoms with Crippen molar-refractivity contribution < 1.29 is 78.1 Å². The van der Waals surface area contributed by atoms with Crippen LogP contribution in [0, 0.1) is 0 Å². The Labute approximate surface area is 405 Å². The zero-order chi connectivity index (χ0) is 50.5. The van der Waals surface area contributed by atoms with E-state index in [0.717, 1.165) is 53.2 Å². The Balaban J connectivity index is 1.17. The number of thiazole rings is 2. The molecule has 0 aliphatic carbocycles. The Morgan fingerprint density at radius 2 is 1.49 bits per heavy atom. The molecule has 0 bridgehead atoms. The molecule has 0 spiro atoms. The van der Waals surface area contributed by atoms with E-state index in [2.05, 4.69) is 41.5 Å². The van der Waals surface area contributed by atoms with E-state index in [-0.39, 0.29) is 57.5 Å². The quantitative estimate of drug-likeness (QED) is 0.0252. The topological polar surface area (TPSA) is 391 Å². The minimum atomic E-state index is -1.95. The van der Waals surface area contributed by atoms with Crippen LogP contribution >= 0.6 is 46.2 Å². The second-order valence-electron chi connectivity index (χ2n) is 15.8. The van der Waals surface area contributed by atoms with Crippen molar-refractivity contribution in [1.82, 2.24) is 30.8 Å². The molecule has 26 nitrogen and oxygen atoms in total. The molecule has 6 rings (SSSR count). The molecule has 1 saturated heterocycles. The van der Waals surface area contributed by atoms with Crippen LogP contribution in [0.1, 0.15) is 39.1 Å². The number of oxime groups is 2. The molecule has 4 unspecified atom stereocenters. The number of nitrogens with one attached hydrogen (secondary N) is 4. The molecule has 3 aliphatic rings. The van der Waals surface area contributed by atoms with Crippen LogP contribution in [-0.2, 0) is 54.6 Å². The largest absolute Gasteiger partial charge is 0.543 e. The average Bonchev–Trinajstić information content (AvgIpc) is 3.95. The number of aliphatic carboxylic acids is 5. The zero-order valence-corrected chi connectivity index (χ0v) is 39.6. The van der Waals surface area contributed by atoms with Gasteiger partial charge in [-0.15, -0.1) is 46.2 Å². The lowest BCUT2D eigenvalue weighted by Crippen LogP contribution is -2.71. The summed E-state index contributed by atoms with van der Waals surface area (Å²) in [6, 6.07) is 2.25. The number of carbonyl (C=O) groups is 8. The van der Waals surface area contributed by atoms with E-state index in [1.807, 2.05) is 0 Å². The van der Waals surface area contributed by atoms with Crippen LogP contribution in [-0.4, -0.2) is 146 Å². The highest BCUT2D eigenvalue weighted by atomic mass is 32.2.